The van der Waals surface area contributed by atoms with Gasteiger partial charge in [0.2, 0.25) is 5.91 Å². The maximum absolute atomic E-state index is 13.7. The second-order valence-electron chi connectivity index (χ2n) is 5.12. The lowest BCUT2D eigenvalue weighted by Gasteiger charge is -2.17. The molecule has 1 N–H and O–H groups in total. The number of esters is 1. The highest BCUT2D eigenvalue weighted by Gasteiger charge is 2.17. The van der Waals surface area contributed by atoms with E-state index in [9.17, 15) is 14.0 Å². The van der Waals surface area contributed by atoms with Crippen molar-refractivity contribution in [2.24, 2.45) is 5.92 Å². The summed E-state index contributed by atoms with van der Waals surface area (Å²) >= 11 is 0. The van der Waals surface area contributed by atoms with E-state index in [0.29, 0.717) is 11.6 Å². The van der Waals surface area contributed by atoms with Gasteiger partial charge in [0.05, 0.1) is 12.2 Å². The summed E-state index contributed by atoms with van der Waals surface area (Å²) in [6, 6.07) is 3.84. The molecule has 0 aliphatic heterocycles. The number of amides is 1. The third-order valence-corrected chi connectivity index (χ3v) is 3.33. The summed E-state index contributed by atoms with van der Waals surface area (Å²) in [4.78, 5) is 22.9. The number of rotatable bonds is 4. The van der Waals surface area contributed by atoms with Gasteiger partial charge in [-0.05, 0) is 43.4 Å². The molecule has 21 heavy (non-hydrogen) atoms. The molecule has 1 aliphatic carbocycles. The van der Waals surface area contributed by atoms with Crippen molar-refractivity contribution in [2.75, 3.05) is 11.9 Å². The number of halogens is 1. The molecule has 0 radical (unpaired) electrons. The normalized spacial score (nSPS) is 17.3. The molecular weight excluding hydrogens is 273 g/mol. The van der Waals surface area contributed by atoms with Gasteiger partial charge >= 0.3 is 5.97 Å². The van der Waals surface area contributed by atoms with Crippen molar-refractivity contribution in [1.82, 2.24) is 0 Å². The molecule has 0 heterocycles. The first-order chi connectivity index (χ1) is 10.1. The summed E-state index contributed by atoms with van der Waals surface area (Å²) in [5.74, 6) is -1.35. The van der Waals surface area contributed by atoms with Gasteiger partial charge in [0, 0.05) is 12.6 Å². The molecule has 5 heteroatoms. The number of hydrogen-bond acceptors (Lipinski definition) is 3. The first-order valence-electron chi connectivity index (χ1n) is 6.95. The van der Waals surface area contributed by atoms with Crippen molar-refractivity contribution < 1.29 is 18.7 Å². The van der Waals surface area contributed by atoms with Gasteiger partial charge in [-0.1, -0.05) is 12.2 Å². The zero-order valence-electron chi connectivity index (χ0n) is 11.9. The predicted octanol–water partition coefficient (Wildman–Crippen LogP) is 3.30. The highest BCUT2D eigenvalue weighted by Crippen LogP contribution is 2.20. The van der Waals surface area contributed by atoms with Crippen LogP contribution >= 0.6 is 0 Å². The number of ether oxygens (including phenoxy) is 1. The molecule has 1 aromatic carbocycles. The smallest absolute Gasteiger partial charge is 0.341 e. The van der Waals surface area contributed by atoms with Crippen molar-refractivity contribution in [3.05, 3.63) is 41.7 Å². The number of nitrogens with one attached hydrogen (secondary N) is 1. The fraction of sp³-hybridized carbons (Fsp3) is 0.375. The third-order valence-electron chi connectivity index (χ3n) is 3.33. The standard InChI is InChI=1S/C16H18FNO3/c1-11(19)18-13-7-8-15(17)14(9-13)16(20)21-10-12-5-3-2-4-6-12/h2-3,7-9,12H,4-6,10H2,1H3,(H,18,19). The molecule has 0 bridgehead atoms. The third kappa shape index (κ3) is 4.41. The van der Waals surface area contributed by atoms with Crippen molar-refractivity contribution in [3.8, 4) is 0 Å². The van der Waals surface area contributed by atoms with Gasteiger partial charge in [0.15, 0.2) is 0 Å². The molecular formula is C16H18FNO3. The summed E-state index contributed by atoms with van der Waals surface area (Å²) in [7, 11) is 0. The summed E-state index contributed by atoms with van der Waals surface area (Å²) in [5, 5.41) is 2.51. The van der Waals surface area contributed by atoms with Crippen molar-refractivity contribution in [2.45, 2.75) is 26.2 Å². The maximum Gasteiger partial charge on any atom is 0.341 e. The highest BCUT2D eigenvalue weighted by atomic mass is 19.1. The van der Waals surface area contributed by atoms with Gasteiger partial charge in [0.1, 0.15) is 5.82 Å². The first kappa shape index (κ1) is 15.2. The van der Waals surface area contributed by atoms with Crippen LogP contribution in [0.1, 0.15) is 36.5 Å². The molecule has 0 spiro atoms. The molecule has 1 unspecified atom stereocenters. The maximum atomic E-state index is 13.7. The lowest BCUT2D eigenvalue weighted by atomic mass is 9.95. The van der Waals surface area contributed by atoms with E-state index in [4.69, 9.17) is 4.74 Å². The molecule has 0 aromatic heterocycles. The Kier molecular flexibility index (Phi) is 5.09. The van der Waals surface area contributed by atoms with E-state index in [1.165, 1.54) is 19.1 Å². The molecule has 0 saturated heterocycles. The van der Waals surface area contributed by atoms with Crippen molar-refractivity contribution in [3.63, 3.8) is 0 Å². The van der Waals surface area contributed by atoms with E-state index in [1.54, 1.807) is 0 Å². The Balaban J connectivity index is 2.00. The molecule has 1 amide bonds. The molecule has 1 aliphatic rings. The Hall–Kier alpha value is -2.17. The number of anilines is 1. The quantitative estimate of drug-likeness (QED) is 0.684. The van der Waals surface area contributed by atoms with Crippen LogP contribution in [-0.4, -0.2) is 18.5 Å². The topological polar surface area (TPSA) is 55.4 Å². The second-order valence-corrected chi connectivity index (χ2v) is 5.12. The number of hydrogen-bond donors (Lipinski definition) is 1. The van der Waals surface area contributed by atoms with E-state index in [-0.39, 0.29) is 18.1 Å². The zero-order chi connectivity index (χ0) is 15.2. The SMILES string of the molecule is CC(=O)Nc1ccc(F)c(C(=O)OCC2CC=CCC2)c1. The van der Waals surface area contributed by atoms with E-state index in [2.05, 4.69) is 17.5 Å². The molecule has 1 atom stereocenters. The summed E-state index contributed by atoms with van der Waals surface area (Å²) in [5.41, 5.74) is 0.212. The number of benzene rings is 1. The Morgan fingerprint density at radius 3 is 2.86 bits per heavy atom. The first-order valence-corrected chi connectivity index (χ1v) is 6.95. The van der Waals surface area contributed by atoms with Gasteiger partial charge < -0.3 is 10.1 Å². The lowest BCUT2D eigenvalue weighted by Crippen LogP contribution is -2.16. The molecule has 4 nitrogen and oxygen atoms in total. The minimum atomic E-state index is -0.700. The molecule has 0 fully saturated rings. The van der Waals surface area contributed by atoms with Crippen LogP contribution in [0.15, 0.2) is 30.4 Å². The van der Waals surface area contributed by atoms with Crippen molar-refractivity contribution >= 4 is 17.6 Å². The monoisotopic (exact) mass is 291 g/mol. The fourth-order valence-electron chi connectivity index (χ4n) is 2.24. The van der Waals surface area contributed by atoms with Crippen LogP contribution in [0.25, 0.3) is 0 Å². The number of allylic oxidation sites excluding steroid dienone is 2. The van der Waals surface area contributed by atoms with E-state index in [0.717, 1.165) is 25.3 Å². The van der Waals surface area contributed by atoms with Crippen LogP contribution in [0.2, 0.25) is 0 Å². The highest BCUT2D eigenvalue weighted by molar-refractivity contribution is 5.93. The van der Waals surface area contributed by atoms with Gasteiger partial charge in [-0.3, -0.25) is 4.79 Å². The fourth-order valence-corrected chi connectivity index (χ4v) is 2.24. The average Bonchev–Trinajstić information content (AvgIpc) is 2.47. The van der Waals surface area contributed by atoms with Crippen LogP contribution < -0.4 is 5.32 Å². The molecule has 2 rings (SSSR count). The Bertz CT molecular complexity index is 569. The number of carbonyl (C=O) groups excluding carboxylic acids is 2. The predicted molar refractivity (Wildman–Crippen MR) is 77.5 cm³/mol. The van der Waals surface area contributed by atoms with Gasteiger partial charge in [-0.2, -0.15) is 0 Å². The van der Waals surface area contributed by atoms with E-state index in [1.807, 2.05) is 0 Å². The minimum Gasteiger partial charge on any atom is -0.462 e. The zero-order valence-corrected chi connectivity index (χ0v) is 11.9. The Morgan fingerprint density at radius 1 is 1.38 bits per heavy atom. The Labute approximate surface area is 123 Å². The van der Waals surface area contributed by atoms with Crippen LogP contribution in [-0.2, 0) is 9.53 Å². The van der Waals surface area contributed by atoms with Gasteiger partial charge in [-0.15, -0.1) is 0 Å². The summed E-state index contributed by atoms with van der Waals surface area (Å²) in [6.45, 7) is 1.63. The molecule has 1 aromatic rings. The van der Waals surface area contributed by atoms with Crippen LogP contribution in [0.5, 0.6) is 0 Å². The molecule has 112 valence electrons. The minimum absolute atomic E-state index is 0.160. The molecule has 0 saturated carbocycles. The lowest BCUT2D eigenvalue weighted by molar-refractivity contribution is -0.114. The van der Waals surface area contributed by atoms with Crippen LogP contribution in [0.4, 0.5) is 10.1 Å². The summed E-state index contributed by atoms with van der Waals surface area (Å²) in [6.07, 6.45) is 7.00. The second kappa shape index (κ2) is 7.02. The van der Waals surface area contributed by atoms with Gasteiger partial charge in [0.25, 0.3) is 0 Å². The number of carbonyl (C=O) groups is 2. The van der Waals surface area contributed by atoms with Crippen LogP contribution in [0.3, 0.4) is 0 Å². The average molecular weight is 291 g/mol. The van der Waals surface area contributed by atoms with E-state index >= 15 is 0 Å². The van der Waals surface area contributed by atoms with Crippen LogP contribution in [0, 0.1) is 11.7 Å². The van der Waals surface area contributed by atoms with Gasteiger partial charge in [-0.25, -0.2) is 9.18 Å². The van der Waals surface area contributed by atoms with E-state index < -0.39 is 11.8 Å². The largest absolute Gasteiger partial charge is 0.462 e. The Morgan fingerprint density at radius 2 is 2.19 bits per heavy atom. The summed E-state index contributed by atoms with van der Waals surface area (Å²) < 4.78 is 18.9. The van der Waals surface area contributed by atoms with Crippen molar-refractivity contribution in [1.29, 1.82) is 0 Å².